The number of hydrogen-bond donors (Lipinski definition) is 2. The summed E-state index contributed by atoms with van der Waals surface area (Å²) in [6.07, 6.45) is 0. The van der Waals surface area contributed by atoms with Crippen LogP contribution in [0.2, 0.25) is 0 Å². The van der Waals surface area contributed by atoms with E-state index in [2.05, 4.69) is 36.6 Å². The molecule has 0 amide bonds. The Kier molecular flexibility index (Phi) is 4.80. The highest BCUT2D eigenvalue weighted by Crippen LogP contribution is 2.30. The van der Waals surface area contributed by atoms with Gasteiger partial charge in [0.15, 0.2) is 0 Å². The number of anilines is 2. The average Bonchev–Trinajstić information content (AvgIpc) is 2.43. The molecule has 21 heavy (non-hydrogen) atoms. The Hall–Kier alpha value is -1.25. The van der Waals surface area contributed by atoms with Crippen LogP contribution in [0.1, 0.15) is 0 Å². The van der Waals surface area contributed by atoms with Gasteiger partial charge in [-0.05, 0) is 46.3 Å². The quantitative estimate of drug-likeness (QED) is 0.718. The van der Waals surface area contributed by atoms with Crippen molar-refractivity contribution in [3.63, 3.8) is 0 Å². The molecule has 0 spiro atoms. The molecule has 8 heteroatoms. The van der Waals surface area contributed by atoms with Crippen LogP contribution in [0.15, 0.2) is 50.2 Å². The van der Waals surface area contributed by atoms with E-state index in [1.54, 1.807) is 24.3 Å². The fraction of sp³-hybridized carbons (Fsp3) is 0.0769. The lowest BCUT2D eigenvalue weighted by Gasteiger charge is -2.12. The summed E-state index contributed by atoms with van der Waals surface area (Å²) in [5, 5.41) is 0. The third kappa shape index (κ3) is 3.69. The van der Waals surface area contributed by atoms with Crippen LogP contribution in [0.3, 0.4) is 0 Å². The summed E-state index contributed by atoms with van der Waals surface area (Å²) in [4.78, 5) is 0.132. The molecule has 0 saturated carbocycles. The summed E-state index contributed by atoms with van der Waals surface area (Å²) >= 11 is 6.49. The first kappa shape index (κ1) is 16.1. The molecule has 2 rings (SSSR count). The van der Waals surface area contributed by atoms with E-state index >= 15 is 0 Å². The van der Waals surface area contributed by atoms with Gasteiger partial charge in [-0.2, -0.15) is 0 Å². The Morgan fingerprint density at radius 1 is 1.14 bits per heavy atom. The topological polar surface area (TPSA) is 81.4 Å². The second kappa shape index (κ2) is 6.25. The number of hydrogen-bond acceptors (Lipinski definition) is 4. The SMILES string of the molecule is COc1cc(NS(=O)(=O)c2cc(Br)ccc2Br)ccc1N. The largest absolute Gasteiger partial charge is 0.495 e. The van der Waals surface area contributed by atoms with Crippen molar-refractivity contribution in [2.24, 2.45) is 0 Å². The summed E-state index contributed by atoms with van der Waals surface area (Å²) in [6.45, 7) is 0. The van der Waals surface area contributed by atoms with Gasteiger partial charge in [0, 0.05) is 15.0 Å². The second-order valence-electron chi connectivity index (χ2n) is 4.14. The maximum atomic E-state index is 12.4. The Morgan fingerprint density at radius 3 is 2.52 bits per heavy atom. The van der Waals surface area contributed by atoms with Gasteiger partial charge in [0.2, 0.25) is 0 Å². The molecular formula is C13H12Br2N2O3S. The highest BCUT2D eigenvalue weighted by Gasteiger charge is 2.18. The van der Waals surface area contributed by atoms with Crippen molar-refractivity contribution in [2.45, 2.75) is 4.90 Å². The monoisotopic (exact) mass is 434 g/mol. The first-order valence-electron chi connectivity index (χ1n) is 5.75. The van der Waals surface area contributed by atoms with E-state index in [9.17, 15) is 8.42 Å². The molecule has 0 fully saturated rings. The lowest BCUT2D eigenvalue weighted by Crippen LogP contribution is -2.13. The minimum absolute atomic E-state index is 0.132. The number of nitrogen functional groups attached to an aromatic ring is 1. The van der Waals surface area contributed by atoms with Crippen LogP contribution < -0.4 is 15.2 Å². The highest BCUT2D eigenvalue weighted by atomic mass is 79.9. The minimum Gasteiger partial charge on any atom is -0.495 e. The lowest BCUT2D eigenvalue weighted by molar-refractivity contribution is 0.417. The molecule has 0 aliphatic carbocycles. The Morgan fingerprint density at radius 2 is 1.86 bits per heavy atom. The van der Waals surface area contributed by atoms with Crippen LogP contribution in [0.25, 0.3) is 0 Å². The molecule has 3 N–H and O–H groups in total. The van der Waals surface area contributed by atoms with E-state index in [4.69, 9.17) is 10.5 Å². The number of sulfonamides is 1. The zero-order valence-corrected chi connectivity index (χ0v) is 14.9. The van der Waals surface area contributed by atoms with E-state index in [0.717, 1.165) is 0 Å². The number of halogens is 2. The molecule has 0 aliphatic rings. The van der Waals surface area contributed by atoms with Gasteiger partial charge in [-0.15, -0.1) is 0 Å². The van der Waals surface area contributed by atoms with Gasteiger partial charge in [-0.25, -0.2) is 8.42 Å². The number of methoxy groups -OCH3 is 1. The van der Waals surface area contributed by atoms with E-state index in [-0.39, 0.29) is 4.90 Å². The molecule has 0 heterocycles. The van der Waals surface area contributed by atoms with Crippen molar-refractivity contribution in [1.82, 2.24) is 0 Å². The Balaban J connectivity index is 2.40. The van der Waals surface area contributed by atoms with E-state index in [1.165, 1.54) is 19.2 Å². The number of ether oxygens (including phenoxy) is 1. The number of nitrogens with two attached hydrogens (primary N) is 1. The van der Waals surface area contributed by atoms with E-state index in [1.807, 2.05) is 0 Å². The molecule has 0 unspecified atom stereocenters. The predicted octanol–water partition coefficient (Wildman–Crippen LogP) is 3.60. The summed E-state index contributed by atoms with van der Waals surface area (Å²) < 4.78 is 33.6. The zero-order chi connectivity index (χ0) is 15.6. The molecule has 2 aromatic carbocycles. The molecule has 0 aliphatic heterocycles. The van der Waals surface area contributed by atoms with Crippen molar-refractivity contribution in [3.8, 4) is 5.75 Å². The molecule has 112 valence electrons. The number of rotatable bonds is 4. The van der Waals surface area contributed by atoms with Crippen molar-refractivity contribution in [1.29, 1.82) is 0 Å². The fourth-order valence-corrected chi connectivity index (χ4v) is 4.22. The van der Waals surface area contributed by atoms with Gasteiger partial charge in [-0.1, -0.05) is 15.9 Å². The maximum absolute atomic E-state index is 12.4. The maximum Gasteiger partial charge on any atom is 0.263 e. The average molecular weight is 436 g/mol. The molecule has 0 atom stereocenters. The van der Waals surface area contributed by atoms with Gasteiger partial charge in [0.05, 0.1) is 18.5 Å². The molecular weight excluding hydrogens is 424 g/mol. The molecule has 2 aromatic rings. The molecule has 0 radical (unpaired) electrons. The van der Waals surface area contributed by atoms with Gasteiger partial charge < -0.3 is 10.5 Å². The summed E-state index contributed by atoms with van der Waals surface area (Å²) in [6, 6.07) is 9.59. The third-order valence-corrected chi connectivity index (χ3v) is 5.54. The van der Waals surface area contributed by atoms with Crippen LogP contribution in [-0.2, 0) is 10.0 Å². The van der Waals surface area contributed by atoms with Crippen LogP contribution >= 0.6 is 31.9 Å². The van der Waals surface area contributed by atoms with Crippen LogP contribution in [-0.4, -0.2) is 15.5 Å². The standard InChI is InChI=1S/C13H12Br2N2O3S/c1-20-12-7-9(3-5-11(12)16)17-21(18,19)13-6-8(14)2-4-10(13)15/h2-7,17H,16H2,1H3. The van der Waals surface area contributed by atoms with Crippen LogP contribution in [0, 0.1) is 0 Å². The summed E-state index contributed by atoms with van der Waals surface area (Å²) in [5.74, 6) is 0.406. The third-order valence-electron chi connectivity index (χ3n) is 2.67. The van der Waals surface area contributed by atoms with Crippen molar-refractivity contribution in [2.75, 3.05) is 17.6 Å². The molecule has 0 aromatic heterocycles. The van der Waals surface area contributed by atoms with Crippen molar-refractivity contribution < 1.29 is 13.2 Å². The smallest absolute Gasteiger partial charge is 0.263 e. The van der Waals surface area contributed by atoms with E-state index < -0.39 is 10.0 Å². The normalized spacial score (nSPS) is 11.2. The lowest BCUT2D eigenvalue weighted by atomic mass is 10.2. The fourth-order valence-electron chi connectivity index (χ4n) is 1.67. The second-order valence-corrected chi connectivity index (χ2v) is 7.56. The van der Waals surface area contributed by atoms with Crippen LogP contribution in [0.5, 0.6) is 5.75 Å². The number of nitrogens with one attached hydrogen (secondary N) is 1. The first-order chi connectivity index (χ1) is 9.83. The zero-order valence-electron chi connectivity index (χ0n) is 10.9. The Bertz CT molecular complexity index is 779. The predicted molar refractivity (Wildman–Crippen MR) is 90.1 cm³/mol. The highest BCUT2D eigenvalue weighted by molar-refractivity contribution is 9.11. The number of benzene rings is 2. The van der Waals surface area contributed by atoms with Crippen molar-refractivity contribution >= 4 is 53.3 Å². The molecule has 0 bridgehead atoms. The van der Waals surface area contributed by atoms with Gasteiger partial charge in [0.25, 0.3) is 10.0 Å². The summed E-state index contributed by atoms with van der Waals surface area (Å²) in [5.41, 5.74) is 6.51. The van der Waals surface area contributed by atoms with Gasteiger partial charge in [0.1, 0.15) is 10.6 Å². The first-order valence-corrected chi connectivity index (χ1v) is 8.82. The molecule has 5 nitrogen and oxygen atoms in total. The van der Waals surface area contributed by atoms with Crippen LogP contribution in [0.4, 0.5) is 11.4 Å². The summed E-state index contributed by atoms with van der Waals surface area (Å²) in [7, 11) is -2.26. The van der Waals surface area contributed by atoms with Gasteiger partial charge in [-0.3, -0.25) is 4.72 Å². The molecule has 0 saturated heterocycles. The Labute approximate surface area is 139 Å². The van der Waals surface area contributed by atoms with Gasteiger partial charge >= 0.3 is 0 Å². The van der Waals surface area contributed by atoms with Crippen molar-refractivity contribution in [3.05, 3.63) is 45.3 Å². The van der Waals surface area contributed by atoms with E-state index in [0.29, 0.717) is 26.1 Å². The minimum atomic E-state index is -3.73.